The second-order valence-corrected chi connectivity index (χ2v) is 13.2. The molecule has 0 aliphatic carbocycles. The monoisotopic (exact) mass is 684 g/mol. The van der Waals surface area contributed by atoms with Crippen molar-refractivity contribution in [1.82, 2.24) is 0 Å². The fourth-order valence-corrected chi connectivity index (χ4v) is 10.6. The van der Waals surface area contributed by atoms with Crippen LogP contribution in [0.4, 0.5) is 0 Å². The van der Waals surface area contributed by atoms with E-state index >= 15 is 0 Å². The van der Waals surface area contributed by atoms with Gasteiger partial charge >= 0.3 is 179 Å². The van der Waals surface area contributed by atoms with Crippen molar-refractivity contribution in [3.05, 3.63) is 83.5 Å². The molecule has 3 aromatic carbocycles. The molecule has 0 heterocycles. The molecule has 0 fully saturated rings. The molecule has 0 saturated carbocycles. The molecule has 0 bridgehead atoms. The Morgan fingerprint density at radius 2 is 0.818 bits per heavy atom. The Morgan fingerprint density at radius 1 is 0.500 bits per heavy atom. The summed E-state index contributed by atoms with van der Waals surface area (Å²) in [6.45, 7) is 0. The fraction of sp³-hybridized carbons (Fsp3) is 0. The average Bonchev–Trinajstić information content (AvgIpc) is 2.48. The van der Waals surface area contributed by atoms with Crippen molar-refractivity contribution in [2.45, 2.75) is 0 Å². The Morgan fingerprint density at radius 3 is 1.09 bits per heavy atom. The molecule has 4 heteroatoms. The zero-order chi connectivity index (χ0) is 15.5. The number of rotatable bonds is 3. The van der Waals surface area contributed by atoms with E-state index in [0.29, 0.717) is 0 Å². The molecule has 0 spiro atoms. The Balaban J connectivity index is 2.18. The van der Waals surface area contributed by atoms with Gasteiger partial charge in [-0.05, 0) is 0 Å². The maximum absolute atomic E-state index is 2.41. The molecule has 110 valence electrons. The quantitative estimate of drug-likeness (QED) is 0.289. The van der Waals surface area contributed by atoms with Crippen LogP contribution in [0.1, 0.15) is 0 Å². The minimum atomic E-state index is -1.49. The molecular weight excluding hydrogens is 672 g/mol. The van der Waals surface area contributed by atoms with Crippen LogP contribution in [-0.2, 0) is 0 Å². The summed E-state index contributed by atoms with van der Waals surface area (Å²) in [5, 5.41) is 0. The first-order chi connectivity index (χ1) is 10.6. The molecule has 0 amide bonds. The van der Waals surface area contributed by atoms with Crippen molar-refractivity contribution in [3.63, 3.8) is 0 Å². The van der Waals surface area contributed by atoms with Crippen molar-refractivity contribution in [3.8, 4) is 0 Å². The van der Waals surface area contributed by atoms with E-state index in [1.54, 1.807) is 0 Å². The van der Waals surface area contributed by atoms with E-state index in [1.807, 2.05) is 0 Å². The molecule has 3 rings (SSSR count). The SMILES string of the molecule is Ic1cccc([As](c2cccc(I)c2)c2cccc(I)c2)c1. The van der Waals surface area contributed by atoms with Crippen LogP contribution in [0.15, 0.2) is 72.8 Å². The van der Waals surface area contributed by atoms with Crippen LogP contribution in [0.2, 0.25) is 0 Å². The van der Waals surface area contributed by atoms with Crippen molar-refractivity contribution < 1.29 is 0 Å². The maximum atomic E-state index is 2.41. The normalized spacial score (nSPS) is 10.9. The molecule has 0 radical (unpaired) electrons. The van der Waals surface area contributed by atoms with Crippen LogP contribution < -0.4 is 13.1 Å². The van der Waals surface area contributed by atoms with Crippen molar-refractivity contribution in [2.24, 2.45) is 0 Å². The van der Waals surface area contributed by atoms with E-state index in [-0.39, 0.29) is 0 Å². The average molecular weight is 684 g/mol. The molecule has 3 aromatic rings. The van der Waals surface area contributed by atoms with Gasteiger partial charge in [0.1, 0.15) is 0 Å². The van der Waals surface area contributed by atoms with Crippen LogP contribution in [0.25, 0.3) is 0 Å². The van der Waals surface area contributed by atoms with Gasteiger partial charge in [0, 0.05) is 0 Å². The molecule has 0 atom stereocenters. The van der Waals surface area contributed by atoms with E-state index in [9.17, 15) is 0 Å². The Hall–Kier alpha value is 0.408. The number of halogens is 3. The molecule has 0 saturated heterocycles. The number of benzene rings is 3. The Labute approximate surface area is 176 Å². The second-order valence-electron chi connectivity index (χ2n) is 4.78. The number of hydrogen-bond donors (Lipinski definition) is 0. The van der Waals surface area contributed by atoms with E-state index in [0.717, 1.165) is 0 Å². The Kier molecular flexibility index (Phi) is 6.26. The van der Waals surface area contributed by atoms with Gasteiger partial charge in [-0.3, -0.25) is 0 Å². The summed E-state index contributed by atoms with van der Waals surface area (Å²) in [4.78, 5) is 0. The number of hydrogen-bond acceptors (Lipinski definition) is 0. The van der Waals surface area contributed by atoms with Gasteiger partial charge in [0.2, 0.25) is 0 Å². The van der Waals surface area contributed by atoms with Crippen LogP contribution in [-0.4, -0.2) is 14.7 Å². The predicted molar refractivity (Wildman–Crippen MR) is 122 cm³/mol. The van der Waals surface area contributed by atoms with Gasteiger partial charge in [-0.1, -0.05) is 0 Å². The molecule has 0 aliphatic heterocycles. The predicted octanol–water partition coefficient (Wildman–Crippen LogP) is 4.02. The zero-order valence-corrected chi connectivity index (χ0v) is 19.9. The molecule has 0 nitrogen and oxygen atoms in total. The van der Waals surface area contributed by atoms with Crippen LogP contribution >= 0.6 is 67.8 Å². The van der Waals surface area contributed by atoms with Crippen LogP contribution in [0.3, 0.4) is 0 Å². The zero-order valence-electron chi connectivity index (χ0n) is 11.5. The van der Waals surface area contributed by atoms with Gasteiger partial charge in [-0.15, -0.1) is 0 Å². The van der Waals surface area contributed by atoms with Gasteiger partial charge < -0.3 is 0 Å². The molecule has 0 unspecified atom stereocenters. The first-order valence-electron chi connectivity index (χ1n) is 6.70. The third-order valence-corrected chi connectivity index (χ3v) is 10.2. The van der Waals surface area contributed by atoms with Gasteiger partial charge in [0.05, 0.1) is 0 Å². The first kappa shape index (κ1) is 17.2. The molecule has 0 N–H and O–H groups in total. The summed E-state index contributed by atoms with van der Waals surface area (Å²) >= 11 is 5.74. The summed E-state index contributed by atoms with van der Waals surface area (Å²) < 4.78 is 8.40. The fourth-order valence-electron chi connectivity index (χ4n) is 2.29. The molecular formula is C18H12AsI3. The van der Waals surface area contributed by atoms with Crippen LogP contribution in [0, 0.1) is 10.7 Å². The summed E-state index contributed by atoms with van der Waals surface area (Å²) in [7, 11) is 0. The molecule has 0 aliphatic rings. The second kappa shape index (κ2) is 7.99. The summed E-state index contributed by atoms with van der Waals surface area (Å²) in [6.07, 6.45) is 0. The third kappa shape index (κ3) is 4.27. The van der Waals surface area contributed by atoms with Gasteiger partial charge in [-0.2, -0.15) is 0 Å². The van der Waals surface area contributed by atoms with Crippen molar-refractivity contribution in [1.29, 1.82) is 0 Å². The summed E-state index contributed by atoms with van der Waals surface area (Å²) in [5.41, 5.74) is 0. The third-order valence-electron chi connectivity index (χ3n) is 3.20. The van der Waals surface area contributed by atoms with Gasteiger partial charge in [-0.25, -0.2) is 0 Å². The topological polar surface area (TPSA) is 0 Å². The van der Waals surface area contributed by atoms with Gasteiger partial charge in [0.15, 0.2) is 0 Å². The van der Waals surface area contributed by atoms with Crippen molar-refractivity contribution >= 4 is 95.5 Å². The first-order valence-corrected chi connectivity index (χ1v) is 12.8. The minimum absolute atomic E-state index is 1.31. The van der Waals surface area contributed by atoms with Gasteiger partial charge in [0.25, 0.3) is 0 Å². The summed E-state index contributed by atoms with van der Waals surface area (Å²) in [5.74, 6) is 0. The van der Waals surface area contributed by atoms with Crippen LogP contribution in [0.5, 0.6) is 0 Å². The van der Waals surface area contributed by atoms with E-state index in [4.69, 9.17) is 0 Å². The summed E-state index contributed by atoms with van der Waals surface area (Å²) in [6, 6.07) is 27.0. The molecule has 0 aromatic heterocycles. The van der Waals surface area contributed by atoms with E-state index in [1.165, 1.54) is 23.8 Å². The van der Waals surface area contributed by atoms with E-state index < -0.39 is 14.7 Å². The van der Waals surface area contributed by atoms with E-state index in [2.05, 4.69) is 141 Å². The molecule has 22 heavy (non-hydrogen) atoms. The van der Waals surface area contributed by atoms with Crippen molar-refractivity contribution in [2.75, 3.05) is 0 Å². The Bertz CT molecular complexity index is 693. The standard InChI is InChI=1S/C18H12AsI3/c20-16-7-1-4-13(10-16)19(14-5-2-8-17(21)11-14)15-6-3-9-18(22)12-15/h1-12H.